The Hall–Kier alpha value is -2.08. The molecule has 0 saturated carbocycles. The number of hydrogen-bond acceptors (Lipinski definition) is 3. The molecule has 2 amide bonds. The van der Waals surface area contributed by atoms with Crippen LogP contribution in [-0.4, -0.2) is 42.6 Å². The zero-order chi connectivity index (χ0) is 13.0. The molecule has 6 heteroatoms. The number of rotatable bonds is 2. The molecule has 18 heavy (non-hydrogen) atoms. The van der Waals surface area contributed by atoms with E-state index < -0.39 is 6.10 Å². The SMILES string of the molecule is N=C(N)C1CN(C(=O)Nc2ccccc2)CCO1. The summed E-state index contributed by atoms with van der Waals surface area (Å²) < 4.78 is 5.30. The fourth-order valence-corrected chi connectivity index (χ4v) is 1.75. The van der Waals surface area contributed by atoms with E-state index in [4.69, 9.17) is 15.9 Å². The van der Waals surface area contributed by atoms with Gasteiger partial charge in [0.25, 0.3) is 0 Å². The quantitative estimate of drug-likeness (QED) is 0.535. The molecule has 1 aromatic carbocycles. The van der Waals surface area contributed by atoms with E-state index in [9.17, 15) is 4.79 Å². The van der Waals surface area contributed by atoms with Gasteiger partial charge in [-0.1, -0.05) is 18.2 Å². The molecule has 1 unspecified atom stereocenters. The first-order valence-corrected chi connectivity index (χ1v) is 5.73. The maximum atomic E-state index is 12.0. The maximum absolute atomic E-state index is 12.0. The summed E-state index contributed by atoms with van der Waals surface area (Å²) in [6.07, 6.45) is -0.500. The van der Waals surface area contributed by atoms with Crippen molar-refractivity contribution in [3.05, 3.63) is 30.3 Å². The standard InChI is InChI=1S/C12H16N4O2/c13-11(14)10-8-16(6-7-18-10)12(17)15-9-4-2-1-3-5-9/h1-5,10H,6-8H2,(H3,13,14)(H,15,17). The van der Waals surface area contributed by atoms with Crippen LogP contribution in [0.15, 0.2) is 30.3 Å². The second-order valence-corrected chi connectivity index (χ2v) is 4.06. The van der Waals surface area contributed by atoms with Crippen LogP contribution in [0, 0.1) is 5.41 Å². The van der Waals surface area contributed by atoms with Gasteiger partial charge in [0.2, 0.25) is 0 Å². The van der Waals surface area contributed by atoms with Gasteiger partial charge >= 0.3 is 6.03 Å². The summed E-state index contributed by atoms with van der Waals surface area (Å²) >= 11 is 0. The van der Waals surface area contributed by atoms with E-state index in [2.05, 4.69) is 5.32 Å². The molecular formula is C12H16N4O2. The first kappa shape index (κ1) is 12.4. The predicted molar refractivity (Wildman–Crippen MR) is 68.7 cm³/mol. The summed E-state index contributed by atoms with van der Waals surface area (Å²) in [7, 11) is 0. The lowest BCUT2D eigenvalue weighted by Gasteiger charge is -2.32. The van der Waals surface area contributed by atoms with Crippen LogP contribution in [0.5, 0.6) is 0 Å². The molecule has 0 radical (unpaired) electrons. The van der Waals surface area contributed by atoms with Gasteiger partial charge < -0.3 is 20.7 Å². The highest BCUT2D eigenvalue weighted by Gasteiger charge is 2.25. The van der Waals surface area contributed by atoms with E-state index >= 15 is 0 Å². The summed E-state index contributed by atoms with van der Waals surface area (Å²) in [6, 6.07) is 9.04. The van der Waals surface area contributed by atoms with E-state index in [0.717, 1.165) is 5.69 Å². The second-order valence-electron chi connectivity index (χ2n) is 4.06. The van der Waals surface area contributed by atoms with Gasteiger partial charge in [0.15, 0.2) is 0 Å². The molecule has 4 N–H and O–H groups in total. The lowest BCUT2D eigenvalue weighted by molar-refractivity contribution is 0.0234. The first-order chi connectivity index (χ1) is 8.66. The van der Waals surface area contributed by atoms with Crippen molar-refractivity contribution in [1.82, 2.24) is 4.90 Å². The number of morpholine rings is 1. The van der Waals surface area contributed by atoms with Crippen molar-refractivity contribution in [1.29, 1.82) is 5.41 Å². The minimum absolute atomic E-state index is 0.0489. The number of benzene rings is 1. The zero-order valence-corrected chi connectivity index (χ0v) is 9.93. The molecule has 2 rings (SSSR count). The fourth-order valence-electron chi connectivity index (χ4n) is 1.75. The second kappa shape index (κ2) is 5.50. The molecule has 0 spiro atoms. The van der Waals surface area contributed by atoms with E-state index in [1.807, 2.05) is 30.3 Å². The smallest absolute Gasteiger partial charge is 0.322 e. The van der Waals surface area contributed by atoms with Crippen molar-refractivity contribution in [3.63, 3.8) is 0 Å². The normalized spacial score (nSPS) is 19.3. The van der Waals surface area contributed by atoms with Gasteiger partial charge in [-0.05, 0) is 12.1 Å². The Labute approximate surface area is 105 Å². The van der Waals surface area contributed by atoms with Gasteiger partial charge in [0.1, 0.15) is 11.9 Å². The number of nitrogens with one attached hydrogen (secondary N) is 2. The molecule has 96 valence electrons. The minimum atomic E-state index is -0.500. The average Bonchev–Trinajstić information content (AvgIpc) is 2.40. The number of nitrogens with two attached hydrogens (primary N) is 1. The molecule has 0 aliphatic carbocycles. The summed E-state index contributed by atoms with van der Waals surface area (Å²) in [6.45, 7) is 1.21. The highest BCUT2D eigenvalue weighted by Crippen LogP contribution is 2.10. The molecule has 0 bridgehead atoms. The number of ether oxygens (including phenoxy) is 1. The van der Waals surface area contributed by atoms with E-state index in [-0.39, 0.29) is 11.9 Å². The highest BCUT2D eigenvalue weighted by atomic mass is 16.5. The molecule has 1 aromatic rings. The lowest BCUT2D eigenvalue weighted by atomic mass is 10.2. The summed E-state index contributed by atoms with van der Waals surface area (Å²) in [5.41, 5.74) is 6.13. The minimum Gasteiger partial charge on any atom is -0.385 e. The monoisotopic (exact) mass is 248 g/mol. The number of amidine groups is 1. The van der Waals surface area contributed by atoms with Crippen LogP contribution in [0.3, 0.4) is 0 Å². The number of para-hydroxylation sites is 1. The Morgan fingerprint density at radius 2 is 2.17 bits per heavy atom. The van der Waals surface area contributed by atoms with Crippen molar-refractivity contribution >= 4 is 17.6 Å². The number of urea groups is 1. The number of carbonyl (C=O) groups excluding carboxylic acids is 1. The van der Waals surface area contributed by atoms with Crippen molar-refractivity contribution < 1.29 is 9.53 Å². The molecule has 1 saturated heterocycles. The zero-order valence-electron chi connectivity index (χ0n) is 9.93. The van der Waals surface area contributed by atoms with Crippen molar-refractivity contribution in [3.8, 4) is 0 Å². The fraction of sp³-hybridized carbons (Fsp3) is 0.333. The van der Waals surface area contributed by atoms with Crippen LogP contribution in [0.4, 0.5) is 10.5 Å². The van der Waals surface area contributed by atoms with Gasteiger partial charge in [-0.3, -0.25) is 5.41 Å². The molecule has 1 atom stereocenters. The summed E-state index contributed by atoms with van der Waals surface area (Å²) in [5, 5.41) is 10.1. The van der Waals surface area contributed by atoms with Crippen LogP contribution >= 0.6 is 0 Å². The molecule has 1 fully saturated rings. The van der Waals surface area contributed by atoms with Gasteiger partial charge in [-0.2, -0.15) is 0 Å². The Morgan fingerprint density at radius 3 is 2.83 bits per heavy atom. The van der Waals surface area contributed by atoms with Crippen LogP contribution < -0.4 is 11.1 Å². The van der Waals surface area contributed by atoms with E-state index in [1.165, 1.54) is 0 Å². The number of hydrogen-bond donors (Lipinski definition) is 3. The first-order valence-electron chi connectivity index (χ1n) is 5.73. The summed E-state index contributed by atoms with van der Waals surface area (Å²) in [4.78, 5) is 13.6. The maximum Gasteiger partial charge on any atom is 0.322 e. The number of anilines is 1. The summed E-state index contributed by atoms with van der Waals surface area (Å²) in [5.74, 6) is -0.0489. The third kappa shape index (κ3) is 2.98. The molecular weight excluding hydrogens is 232 g/mol. The third-order valence-corrected chi connectivity index (χ3v) is 2.73. The van der Waals surface area contributed by atoms with Crippen LogP contribution in [0.25, 0.3) is 0 Å². The Balaban J connectivity index is 1.95. The van der Waals surface area contributed by atoms with Gasteiger partial charge in [0.05, 0.1) is 13.2 Å². The van der Waals surface area contributed by atoms with Crippen LogP contribution in [0.1, 0.15) is 0 Å². The Bertz CT molecular complexity index is 435. The van der Waals surface area contributed by atoms with Crippen LogP contribution in [-0.2, 0) is 4.74 Å². The number of nitrogens with zero attached hydrogens (tertiary/aromatic N) is 1. The molecule has 1 aliphatic rings. The predicted octanol–water partition coefficient (Wildman–Crippen LogP) is 0.855. The topological polar surface area (TPSA) is 91.4 Å². The van der Waals surface area contributed by atoms with Crippen LogP contribution in [0.2, 0.25) is 0 Å². The molecule has 0 aromatic heterocycles. The largest absolute Gasteiger partial charge is 0.385 e. The Morgan fingerprint density at radius 1 is 1.44 bits per heavy atom. The van der Waals surface area contributed by atoms with E-state index in [1.54, 1.807) is 4.90 Å². The van der Waals surface area contributed by atoms with Crippen molar-refractivity contribution in [2.75, 3.05) is 25.0 Å². The number of carbonyl (C=O) groups is 1. The molecule has 6 nitrogen and oxygen atoms in total. The molecule has 1 heterocycles. The van der Waals surface area contributed by atoms with Gasteiger partial charge in [-0.25, -0.2) is 4.79 Å². The van der Waals surface area contributed by atoms with Crippen molar-refractivity contribution in [2.24, 2.45) is 5.73 Å². The average molecular weight is 248 g/mol. The lowest BCUT2D eigenvalue weighted by Crippen LogP contribution is -2.51. The van der Waals surface area contributed by atoms with E-state index in [0.29, 0.717) is 19.7 Å². The number of amides is 2. The van der Waals surface area contributed by atoms with Gasteiger partial charge in [-0.15, -0.1) is 0 Å². The van der Waals surface area contributed by atoms with Crippen molar-refractivity contribution in [2.45, 2.75) is 6.10 Å². The molecule has 1 aliphatic heterocycles. The highest BCUT2D eigenvalue weighted by molar-refractivity contribution is 5.90. The third-order valence-electron chi connectivity index (χ3n) is 2.73. The van der Waals surface area contributed by atoms with Gasteiger partial charge in [0, 0.05) is 12.2 Å². The Kier molecular flexibility index (Phi) is 3.78.